The molecule has 0 aliphatic heterocycles. The molecule has 3 heteroatoms. The third-order valence-electron chi connectivity index (χ3n) is 3.90. The number of benzene rings is 3. The van der Waals surface area contributed by atoms with Crippen LogP contribution in [0, 0.1) is 13.8 Å². The van der Waals surface area contributed by atoms with Gasteiger partial charge in [-0.25, -0.2) is 0 Å². The molecule has 0 saturated carbocycles. The molecule has 0 bridgehead atoms. The number of hydrogen-bond acceptors (Lipinski definition) is 2. The Bertz CT molecular complexity index is 854. The van der Waals surface area contributed by atoms with Crippen LogP contribution in [0.4, 0.5) is 17.1 Å². The summed E-state index contributed by atoms with van der Waals surface area (Å²) in [5.41, 5.74) is 5.42. The molecule has 3 aromatic carbocycles. The monoisotopic (exact) mass is 316 g/mol. The molecular weight excluding hydrogens is 296 g/mol. The highest BCUT2D eigenvalue weighted by atomic mass is 16.1. The predicted molar refractivity (Wildman–Crippen MR) is 100 cm³/mol. The van der Waals surface area contributed by atoms with Gasteiger partial charge in [0.15, 0.2) is 0 Å². The summed E-state index contributed by atoms with van der Waals surface area (Å²) in [6, 6.07) is 23.4. The third kappa shape index (κ3) is 3.63. The van der Waals surface area contributed by atoms with E-state index in [4.69, 9.17) is 0 Å². The minimum atomic E-state index is -0.125. The van der Waals surface area contributed by atoms with Gasteiger partial charge < -0.3 is 10.6 Å². The van der Waals surface area contributed by atoms with Crippen molar-refractivity contribution in [1.29, 1.82) is 0 Å². The topological polar surface area (TPSA) is 41.1 Å². The van der Waals surface area contributed by atoms with Gasteiger partial charge in [0.05, 0.1) is 11.3 Å². The van der Waals surface area contributed by atoms with Crippen molar-refractivity contribution in [3.05, 3.63) is 89.5 Å². The van der Waals surface area contributed by atoms with E-state index in [1.165, 1.54) is 5.56 Å². The fourth-order valence-corrected chi connectivity index (χ4v) is 2.49. The second kappa shape index (κ2) is 7.01. The lowest BCUT2D eigenvalue weighted by Gasteiger charge is -2.13. The number of para-hydroxylation sites is 2. The summed E-state index contributed by atoms with van der Waals surface area (Å²) in [6.45, 7) is 4.03. The number of hydrogen-bond donors (Lipinski definition) is 2. The largest absolute Gasteiger partial charge is 0.355 e. The van der Waals surface area contributed by atoms with Crippen LogP contribution in [0.2, 0.25) is 0 Å². The molecule has 3 rings (SSSR count). The Morgan fingerprint density at radius 2 is 1.38 bits per heavy atom. The molecule has 3 aromatic rings. The van der Waals surface area contributed by atoms with Crippen LogP contribution >= 0.6 is 0 Å². The first-order valence-corrected chi connectivity index (χ1v) is 7.93. The van der Waals surface area contributed by atoms with Crippen LogP contribution in [0.5, 0.6) is 0 Å². The number of nitrogens with one attached hydrogen (secondary N) is 2. The molecule has 0 aromatic heterocycles. The highest BCUT2D eigenvalue weighted by molar-refractivity contribution is 6.08. The first kappa shape index (κ1) is 15.8. The van der Waals surface area contributed by atoms with E-state index in [0.717, 1.165) is 22.6 Å². The van der Waals surface area contributed by atoms with Crippen LogP contribution in [0.15, 0.2) is 72.8 Å². The Hall–Kier alpha value is -3.07. The number of aryl methyl sites for hydroxylation is 2. The SMILES string of the molecule is Cc1ccc(Nc2ccccc2C(=O)Nc2ccccc2C)cc1. The van der Waals surface area contributed by atoms with Crippen LogP contribution in [-0.4, -0.2) is 5.91 Å². The lowest BCUT2D eigenvalue weighted by molar-refractivity contribution is 0.102. The maximum Gasteiger partial charge on any atom is 0.257 e. The summed E-state index contributed by atoms with van der Waals surface area (Å²) in [5, 5.41) is 6.30. The van der Waals surface area contributed by atoms with Gasteiger partial charge in [-0.1, -0.05) is 48.0 Å². The molecule has 120 valence electrons. The van der Waals surface area contributed by atoms with Crippen LogP contribution in [0.25, 0.3) is 0 Å². The van der Waals surface area contributed by atoms with Gasteiger partial charge in [0.1, 0.15) is 0 Å². The first-order chi connectivity index (χ1) is 11.6. The average Bonchev–Trinajstić information content (AvgIpc) is 2.59. The van der Waals surface area contributed by atoms with Gasteiger partial charge >= 0.3 is 0 Å². The molecule has 0 saturated heterocycles. The smallest absolute Gasteiger partial charge is 0.257 e. The van der Waals surface area contributed by atoms with Crippen molar-refractivity contribution in [2.45, 2.75) is 13.8 Å². The second-order valence-electron chi connectivity index (χ2n) is 5.81. The number of rotatable bonds is 4. The highest BCUT2D eigenvalue weighted by Gasteiger charge is 2.12. The van der Waals surface area contributed by atoms with E-state index in [0.29, 0.717) is 5.56 Å². The van der Waals surface area contributed by atoms with Gasteiger partial charge in [-0.05, 0) is 49.7 Å². The molecule has 0 fully saturated rings. The fourth-order valence-electron chi connectivity index (χ4n) is 2.49. The number of carbonyl (C=O) groups is 1. The van der Waals surface area contributed by atoms with Crippen LogP contribution in [0.1, 0.15) is 21.5 Å². The van der Waals surface area contributed by atoms with E-state index >= 15 is 0 Å². The van der Waals surface area contributed by atoms with Crippen molar-refractivity contribution < 1.29 is 4.79 Å². The van der Waals surface area contributed by atoms with E-state index in [1.807, 2.05) is 86.6 Å². The lowest BCUT2D eigenvalue weighted by Crippen LogP contribution is -2.14. The lowest BCUT2D eigenvalue weighted by atomic mass is 10.1. The summed E-state index contributed by atoms with van der Waals surface area (Å²) in [6.07, 6.45) is 0. The molecule has 1 amide bonds. The highest BCUT2D eigenvalue weighted by Crippen LogP contribution is 2.23. The Kier molecular flexibility index (Phi) is 4.62. The van der Waals surface area contributed by atoms with Crippen LogP contribution in [-0.2, 0) is 0 Å². The van der Waals surface area contributed by atoms with Crippen molar-refractivity contribution in [2.75, 3.05) is 10.6 Å². The summed E-state index contributed by atoms with van der Waals surface area (Å²) >= 11 is 0. The number of carbonyl (C=O) groups excluding carboxylic acids is 1. The molecule has 3 nitrogen and oxygen atoms in total. The first-order valence-electron chi connectivity index (χ1n) is 7.93. The van der Waals surface area contributed by atoms with Gasteiger partial charge in [-0.15, -0.1) is 0 Å². The third-order valence-corrected chi connectivity index (χ3v) is 3.90. The maximum atomic E-state index is 12.7. The van der Waals surface area contributed by atoms with Gasteiger partial charge in [-0.3, -0.25) is 4.79 Å². The second-order valence-corrected chi connectivity index (χ2v) is 5.81. The molecule has 0 aliphatic carbocycles. The Morgan fingerprint density at radius 1 is 0.750 bits per heavy atom. The van der Waals surface area contributed by atoms with Crippen molar-refractivity contribution in [2.24, 2.45) is 0 Å². The molecule has 0 spiro atoms. The Morgan fingerprint density at radius 3 is 2.08 bits per heavy atom. The van der Waals surface area contributed by atoms with E-state index in [9.17, 15) is 4.79 Å². The zero-order valence-electron chi connectivity index (χ0n) is 13.8. The standard InChI is InChI=1S/C21H20N2O/c1-15-11-13-17(14-12-15)22-20-10-6-4-8-18(20)21(24)23-19-9-5-3-7-16(19)2/h3-14,22H,1-2H3,(H,23,24). The molecule has 24 heavy (non-hydrogen) atoms. The normalized spacial score (nSPS) is 10.2. The minimum absolute atomic E-state index is 0.125. The zero-order chi connectivity index (χ0) is 16.9. The van der Waals surface area contributed by atoms with Crippen LogP contribution in [0.3, 0.4) is 0 Å². The molecule has 0 atom stereocenters. The van der Waals surface area contributed by atoms with Crippen molar-refractivity contribution in [3.63, 3.8) is 0 Å². The average molecular weight is 316 g/mol. The van der Waals surface area contributed by atoms with Gasteiger partial charge in [-0.2, -0.15) is 0 Å². The van der Waals surface area contributed by atoms with E-state index in [1.54, 1.807) is 0 Å². The molecule has 0 radical (unpaired) electrons. The minimum Gasteiger partial charge on any atom is -0.355 e. The van der Waals surface area contributed by atoms with Crippen LogP contribution < -0.4 is 10.6 Å². The van der Waals surface area contributed by atoms with Gasteiger partial charge in [0, 0.05) is 11.4 Å². The quantitative estimate of drug-likeness (QED) is 0.686. The molecule has 0 heterocycles. The summed E-state index contributed by atoms with van der Waals surface area (Å²) in [5.74, 6) is -0.125. The molecule has 0 aliphatic rings. The van der Waals surface area contributed by atoms with Gasteiger partial charge in [0.2, 0.25) is 0 Å². The predicted octanol–water partition coefficient (Wildman–Crippen LogP) is 5.30. The molecular formula is C21H20N2O. The summed E-state index contributed by atoms with van der Waals surface area (Å²) in [7, 11) is 0. The molecule has 2 N–H and O–H groups in total. The zero-order valence-corrected chi connectivity index (χ0v) is 13.8. The van der Waals surface area contributed by atoms with Crippen molar-refractivity contribution in [1.82, 2.24) is 0 Å². The Balaban J connectivity index is 1.84. The fraction of sp³-hybridized carbons (Fsp3) is 0.0952. The summed E-state index contributed by atoms with van der Waals surface area (Å²) in [4.78, 5) is 12.7. The van der Waals surface area contributed by atoms with Crippen molar-refractivity contribution in [3.8, 4) is 0 Å². The maximum absolute atomic E-state index is 12.7. The number of amides is 1. The van der Waals surface area contributed by atoms with Crippen molar-refractivity contribution >= 4 is 23.0 Å². The van der Waals surface area contributed by atoms with E-state index < -0.39 is 0 Å². The van der Waals surface area contributed by atoms with E-state index in [2.05, 4.69) is 10.6 Å². The van der Waals surface area contributed by atoms with Gasteiger partial charge in [0.25, 0.3) is 5.91 Å². The number of anilines is 3. The Labute approximate surface area is 142 Å². The molecule has 0 unspecified atom stereocenters. The van der Waals surface area contributed by atoms with E-state index in [-0.39, 0.29) is 5.91 Å². The summed E-state index contributed by atoms with van der Waals surface area (Å²) < 4.78 is 0.